The average Bonchev–Trinajstić information content (AvgIpc) is 3.56. The first-order chi connectivity index (χ1) is 17.1. The molecule has 6 heteroatoms. The lowest BCUT2D eigenvalue weighted by Crippen LogP contribution is -2.28. The number of allylic oxidation sites excluding steroid dienone is 2. The Morgan fingerprint density at radius 3 is 2.43 bits per heavy atom. The molecule has 0 radical (unpaired) electrons. The molecule has 2 amide bonds. The Hall–Kier alpha value is -3.93. The molecule has 3 aromatic rings. The SMILES string of the molecule is CCOc1cc(/C=N\N2C(=O)[C@@H]3[C@H](C2=O)[C@H]2C=C[C@H]3C2)ccc1OCc1cccc2ccccc12. The Balaban J connectivity index is 1.20. The second-order valence-corrected chi connectivity index (χ2v) is 9.30. The standard InChI is InChI=1S/C29H26N2O4/c1-2-34-25-14-18(16-30-31-28(32)26-20-11-12-21(15-20)27(26)29(31)33)10-13-24(25)35-17-22-8-5-7-19-6-3-4-9-23(19)22/h3-14,16,20-21,26-27H,2,15,17H2,1H3/b30-16-/t20-,21-,26-,27+/m0/s1. The number of hydrazone groups is 1. The Morgan fingerprint density at radius 2 is 1.66 bits per heavy atom. The minimum atomic E-state index is -0.251. The summed E-state index contributed by atoms with van der Waals surface area (Å²) < 4.78 is 12.0. The van der Waals surface area contributed by atoms with E-state index in [-0.39, 0.29) is 35.5 Å². The average molecular weight is 467 g/mol. The highest BCUT2D eigenvalue weighted by molar-refractivity contribution is 6.06. The molecule has 1 saturated heterocycles. The van der Waals surface area contributed by atoms with E-state index < -0.39 is 0 Å². The highest BCUT2D eigenvalue weighted by atomic mass is 16.5. The zero-order valence-corrected chi connectivity index (χ0v) is 19.5. The summed E-state index contributed by atoms with van der Waals surface area (Å²) in [5.41, 5.74) is 1.82. The first kappa shape index (κ1) is 21.6. The van der Waals surface area contributed by atoms with Gasteiger partial charge in [0.1, 0.15) is 6.61 Å². The van der Waals surface area contributed by atoms with Crippen LogP contribution in [0.4, 0.5) is 0 Å². The molecular formula is C29H26N2O4. The van der Waals surface area contributed by atoms with Crippen LogP contribution in [-0.4, -0.2) is 29.6 Å². The largest absolute Gasteiger partial charge is 0.490 e. The van der Waals surface area contributed by atoms with E-state index in [4.69, 9.17) is 9.47 Å². The maximum atomic E-state index is 12.9. The maximum absolute atomic E-state index is 12.9. The first-order valence-electron chi connectivity index (χ1n) is 12.1. The molecule has 35 heavy (non-hydrogen) atoms. The summed E-state index contributed by atoms with van der Waals surface area (Å²) in [6.07, 6.45) is 6.61. The second kappa shape index (κ2) is 8.69. The summed E-state index contributed by atoms with van der Waals surface area (Å²) in [5, 5.41) is 7.67. The van der Waals surface area contributed by atoms with E-state index in [1.165, 1.54) is 5.39 Å². The number of rotatable bonds is 7. The minimum absolute atomic E-state index is 0.171. The lowest BCUT2D eigenvalue weighted by atomic mass is 9.85. The molecule has 3 aromatic carbocycles. The quantitative estimate of drug-likeness (QED) is 0.280. The van der Waals surface area contributed by atoms with Gasteiger partial charge in [0.2, 0.25) is 0 Å². The van der Waals surface area contributed by atoms with Gasteiger partial charge in [-0.05, 0) is 65.3 Å². The molecule has 0 unspecified atom stereocenters. The van der Waals surface area contributed by atoms with Crippen LogP contribution in [0.15, 0.2) is 77.9 Å². The Labute approximate surface area is 203 Å². The van der Waals surface area contributed by atoms with Crippen LogP contribution < -0.4 is 9.47 Å². The minimum Gasteiger partial charge on any atom is -0.490 e. The molecule has 0 spiro atoms. The van der Waals surface area contributed by atoms with Gasteiger partial charge in [-0.1, -0.05) is 54.6 Å². The second-order valence-electron chi connectivity index (χ2n) is 9.30. The van der Waals surface area contributed by atoms with E-state index >= 15 is 0 Å². The number of benzene rings is 3. The smallest absolute Gasteiger partial charge is 0.254 e. The zero-order valence-electron chi connectivity index (χ0n) is 19.5. The van der Waals surface area contributed by atoms with Gasteiger partial charge in [0, 0.05) is 0 Å². The van der Waals surface area contributed by atoms with Crippen molar-refractivity contribution in [2.45, 2.75) is 20.0 Å². The van der Waals surface area contributed by atoms with Gasteiger partial charge in [-0.25, -0.2) is 0 Å². The van der Waals surface area contributed by atoms with E-state index in [9.17, 15) is 9.59 Å². The predicted molar refractivity (Wildman–Crippen MR) is 133 cm³/mol. The van der Waals surface area contributed by atoms with Crippen molar-refractivity contribution in [3.8, 4) is 11.5 Å². The zero-order chi connectivity index (χ0) is 23.9. The molecule has 1 heterocycles. The van der Waals surface area contributed by atoms with Crippen LogP contribution in [0, 0.1) is 23.7 Å². The highest BCUT2D eigenvalue weighted by Crippen LogP contribution is 2.52. The van der Waals surface area contributed by atoms with Gasteiger partial charge in [0.15, 0.2) is 11.5 Å². The third-order valence-corrected chi connectivity index (χ3v) is 7.30. The van der Waals surface area contributed by atoms with Crippen molar-refractivity contribution in [1.29, 1.82) is 0 Å². The fourth-order valence-electron chi connectivity index (χ4n) is 5.69. The third kappa shape index (κ3) is 3.70. The van der Waals surface area contributed by atoms with Gasteiger partial charge >= 0.3 is 0 Å². The van der Waals surface area contributed by atoms with Crippen molar-refractivity contribution in [3.63, 3.8) is 0 Å². The molecule has 176 valence electrons. The number of hydrogen-bond donors (Lipinski definition) is 0. The summed E-state index contributed by atoms with van der Waals surface area (Å²) in [6, 6.07) is 19.9. The molecule has 0 N–H and O–H groups in total. The lowest BCUT2D eigenvalue weighted by Gasteiger charge is -2.14. The van der Waals surface area contributed by atoms with Crippen LogP contribution in [-0.2, 0) is 16.2 Å². The van der Waals surface area contributed by atoms with Crippen LogP contribution in [0.5, 0.6) is 11.5 Å². The number of carbonyl (C=O) groups excluding carboxylic acids is 2. The van der Waals surface area contributed by atoms with Crippen molar-refractivity contribution in [3.05, 3.63) is 83.9 Å². The Bertz CT molecular complexity index is 1340. The van der Waals surface area contributed by atoms with Crippen molar-refractivity contribution in [2.75, 3.05) is 6.61 Å². The summed E-state index contributed by atoms with van der Waals surface area (Å²) >= 11 is 0. The van der Waals surface area contributed by atoms with Gasteiger partial charge in [0.05, 0.1) is 24.7 Å². The molecule has 2 aliphatic carbocycles. The van der Waals surface area contributed by atoms with E-state index in [0.29, 0.717) is 24.7 Å². The van der Waals surface area contributed by atoms with Gasteiger partial charge in [-0.2, -0.15) is 10.1 Å². The van der Waals surface area contributed by atoms with Gasteiger partial charge in [0.25, 0.3) is 11.8 Å². The summed E-state index contributed by atoms with van der Waals surface area (Å²) in [7, 11) is 0. The van der Waals surface area contributed by atoms with Gasteiger partial charge in [-0.15, -0.1) is 0 Å². The van der Waals surface area contributed by atoms with E-state index in [1.54, 1.807) is 6.21 Å². The maximum Gasteiger partial charge on any atom is 0.254 e. The number of imide groups is 1. The molecule has 2 fully saturated rings. The normalized spacial score (nSPS) is 24.7. The Morgan fingerprint density at radius 1 is 0.914 bits per heavy atom. The third-order valence-electron chi connectivity index (χ3n) is 7.30. The first-order valence-corrected chi connectivity index (χ1v) is 12.1. The fraction of sp³-hybridized carbons (Fsp3) is 0.276. The number of carbonyl (C=O) groups is 2. The summed E-state index contributed by atoms with van der Waals surface area (Å²) in [5.74, 6) is 0.685. The molecule has 3 aliphatic rings. The predicted octanol–water partition coefficient (Wildman–Crippen LogP) is 4.96. The molecule has 0 aromatic heterocycles. The van der Waals surface area contributed by atoms with Crippen LogP contribution in [0.2, 0.25) is 0 Å². The van der Waals surface area contributed by atoms with Crippen LogP contribution >= 0.6 is 0 Å². The van der Waals surface area contributed by atoms with Crippen molar-refractivity contribution >= 4 is 28.8 Å². The topological polar surface area (TPSA) is 68.2 Å². The molecule has 2 bridgehead atoms. The van der Waals surface area contributed by atoms with Crippen molar-refractivity contribution < 1.29 is 19.1 Å². The fourth-order valence-corrected chi connectivity index (χ4v) is 5.69. The highest BCUT2D eigenvalue weighted by Gasteiger charge is 2.59. The van der Waals surface area contributed by atoms with Crippen molar-refractivity contribution in [2.24, 2.45) is 28.8 Å². The number of fused-ring (bicyclic) bond motifs is 6. The number of amides is 2. The van der Waals surface area contributed by atoms with Crippen LogP contribution in [0.1, 0.15) is 24.5 Å². The van der Waals surface area contributed by atoms with E-state index in [0.717, 1.165) is 27.9 Å². The molecule has 4 atom stereocenters. The molecular weight excluding hydrogens is 440 g/mol. The van der Waals surface area contributed by atoms with Crippen LogP contribution in [0.3, 0.4) is 0 Å². The molecule has 1 saturated carbocycles. The number of nitrogens with zero attached hydrogens (tertiary/aromatic N) is 2. The number of hydrogen-bond acceptors (Lipinski definition) is 5. The number of ether oxygens (including phenoxy) is 2. The van der Waals surface area contributed by atoms with Crippen molar-refractivity contribution in [1.82, 2.24) is 5.01 Å². The lowest BCUT2D eigenvalue weighted by molar-refractivity contribution is -0.140. The van der Waals surface area contributed by atoms with E-state index in [2.05, 4.69) is 41.5 Å². The monoisotopic (exact) mass is 466 g/mol. The van der Waals surface area contributed by atoms with Gasteiger partial charge in [-0.3, -0.25) is 9.59 Å². The Kier molecular flexibility index (Phi) is 5.36. The molecule has 6 nitrogen and oxygen atoms in total. The van der Waals surface area contributed by atoms with Crippen LogP contribution in [0.25, 0.3) is 10.8 Å². The van der Waals surface area contributed by atoms with Gasteiger partial charge < -0.3 is 9.47 Å². The summed E-state index contributed by atoms with van der Waals surface area (Å²) in [4.78, 5) is 25.7. The molecule has 6 rings (SSSR count). The molecule has 1 aliphatic heterocycles. The summed E-state index contributed by atoms with van der Waals surface area (Å²) in [6.45, 7) is 2.80. The van der Waals surface area contributed by atoms with E-state index in [1.807, 2.05) is 43.3 Å².